The Bertz CT molecular complexity index is 873. The van der Waals surface area contributed by atoms with Crippen LogP contribution in [-0.2, 0) is 17.6 Å². The number of aryl methyl sites for hydroxylation is 2. The fraction of sp³-hybridized carbons (Fsp3) is 0.350. The van der Waals surface area contributed by atoms with Crippen molar-refractivity contribution in [1.82, 2.24) is 15.5 Å². The summed E-state index contributed by atoms with van der Waals surface area (Å²) < 4.78 is 5.24. The first-order chi connectivity index (χ1) is 12.8. The topological polar surface area (TPSA) is 68.0 Å². The van der Waals surface area contributed by atoms with Gasteiger partial charge >= 0.3 is 0 Å². The molecule has 0 bridgehead atoms. The molecule has 2 aromatic heterocycles. The zero-order valence-electron chi connectivity index (χ0n) is 14.5. The zero-order chi connectivity index (χ0) is 17.8. The molecular weight excluding hydrogens is 346 g/mol. The van der Waals surface area contributed by atoms with Crippen LogP contribution in [0.3, 0.4) is 0 Å². The molecule has 1 atom stereocenters. The van der Waals surface area contributed by atoms with Gasteiger partial charge in [-0.25, -0.2) is 0 Å². The molecular formula is C20H21N3O2S. The highest BCUT2D eigenvalue weighted by Crippen LogP contribution is 2.30. The minimum Gasteiger partial charge on any atom is -0.355 e. The van der Waals surface area contributed by atoms with E-state index in [-0.39, 0.29) is 5.91 Å². The maximum absolute atomic E-state index is 12.2. The van der Waals surface area contributed by atoms with E-state index >= 15 is 0 Å². The highest BCUT2D eigenvalue weighted by atomic mass is 32.1. The molecule has 1 N–H and O–H groups in total. The van der Waals surface area contributed by atoms with Crippen LogP contribution >= 0.6 is 11.3 Å². The van der Waals surface area contributed by atoms with Crippen LogP contribution < -0.4 is 5.32 Å². The van der Waals surface area contributed by atoms with Gasteiger partial charge in [0.05, 0.1) is 0 Å². The van der Waals surface area contributed by atoms with Gasteiger partial charge in [0.1, 0.15) is 0 Å². The molecule has 0 fully saturated rings. The molecule has 0 radical (unpaired) electrons. The maximum Gasteiger partial charge on any atom is 0.227 e. The third-order valence-electron chi connectivity index (χ3n) is 4.85. The molecule has 0 spiro atoms. The van der Waals surface area contributed by atoms with Gasteiger partial charge < -0.3 is 9.84 Å². The summed E-state index contributed by atoms with van der Waals surface area (Å²) in [4.78, 5) is 16.6. The molecule has 6 heteroatoms. The molecule has 0 saturated carbocycles. The van der Waals surface area contributed by atoms with Gasteiger partial charge in [-0.05, 0) is 41.8 Å². The molecule has 1 aromatic carbocycles. The van der Waals surface area contributed by atoms with Crippen molar-refractivity contribution in [3.63, 3.8) is 0 Å². The van der Waals surface area contributed by atoms with Crippen molar-refractivity contribution in [3.8, 4) is 11.4 Å². The van der Waals surface area contributed by atoms with Crippen molar-refractivity contribution in [2.75, 3.05) is 6.54 Å². The minimum absolute atomic E-state index is 0.0309. The average Bonchev–Trinajstić information content (AvgIpc) is 3.36. The first-order valence-corrected chi connectivity index (χ1v) is 9.93. The standard InChI is InChI=1S/C20H21N3O2S/c24-18(8-9-19-22-20(23-25-19)16-10-11-26-13-16)21-12-15-6-3-5-14-4-1-2-7-17(14)15/h1-2,4,7,10-11,13,15H,3,5-6,8-9,12H2,(H,21,24). The van der Waals surface area contributed by atoms with E-state index in [1.165, 1.54) is 17.5 Å². The predicted octanol–water partition coefficient (Wildman–Crippen LogP) is 3.97. The second kappa shape index (κ2) is 7.83. The summed E-state index contributed by atoms with van der Waals surface area (Å²) in [6.07, 6.45) is 4.28. The monoisotopic (exact) mass is 367 g/mol. The van der Waals surface area contributed by atoms with Crippen LogP contribution in [-0.4, -0.2) is 22.6 Å². The molecule has 0 aliphatic heterocycles. The van der Waals surface area contributed by atoms with Gasteiger partial charge in [-0.15, -0.1) is 0 Å². The first-order valence-electron chi connectivity index (χ1n) is 8.99. The Morgan fingerprint density at radius 2 is 2.23 bits per heavy atom. The van der Waals surface area contributed by atoms with E-state index in [0.29, 0.717) is 37.0 Å². The Labute approximate surface area is 156 Å². The van der Waals surface area contributed by atoms with Crippen molar-refractivity contribution in [2.24, 2.45) is 0 Å². The number of hydrogen-bond acceptors (Lipinski definition) is 5. The number of carbonyl (C=O) groups excluding carboxylic acids is 1. The van der Waals surface area contributed by atoms with Crippen LogP contribution in [0.2, 0.25) is 0 Å². The Morgan fingerprint density at radius 1 is 1.31 bits per heavy atom. The molecule has 1 aliphatic rings. The molecule has 1 aliphatic carbocycles. The Morgan fingerprint density at radius 3 is 3.12 bits per heavy atom. The molecule has 2 heterocycles. The molecule has 0 saturated heterocycles. The summed E-state index contributed by atoms with van der Waals surface area (Å²) in [6, 6.07) is 10.5. The number of nitrogens with one attached hydrogen (secondary N) is 1. The molecule has 1 amide bonds. The predicted molar refractivity (Wildman–Crippen MR) is 101 cm³/mol. The fourth-order valence-electron chi connectivity index (χ4n) is 3.48. The lowest BCUT2D eigenvalue weighted by molar-refractivity contribution is -0.121. The number of carbonyl (C=O) groups is 1. The van der Waals surface area contributed by atoms with Gasteiger partial charge in [-0.2, -0.15) is 16.3 Å². The second-order valence-corrected chi connectivity index (χ2v) is 7.40. The van der Waals surface area contributed by atoms with Crippen LogP contribution in [0.15, 0.2) is 45.6 Å². The quantitative estimate of drug-likeness (QED) is 0.716. The summed E-state index contributed by atoms with van der Waals surface area (Å²) >= 11 is 1.59. The van der Waals surface area contributed by atoms with Crippen molar-refractivity contribution in [1.29, 1.82) is 0 Å². The zero-order valence-corrected chi connectivity index (χ0v) is 15.3. The SMILES string of the molecule is O=C(CCc1nc(-c2ccsc2)no1)NCC1CCCc2ccccc21. The van der Waals surface area contributed by atoms with Crippen LogP contribution in [0.25, 0.3) is 11.4 Å². The van der Waals surface area contributed by atoms with Crippen LogP contribution in [0.4, 0.5) is 0 Å². The Kier molecular flexibility index (Phi) is 5.11. The van der Waals surface area contributed by atoms with Crippen LogP contribution in [0.1, 0.15) is 42.2 Å². The van der Waals surface area contributed by atoms with Gasteiger partial charge in [0.2, 0.25) is 17.6 Å². The van der Waals surface area contributed by atoms with Gasteiger partial charge in [0, 0.05) is 36.2 Å². The molecule has 26 heavy (non-hydrogen) atoms. The van der Waals surface area contributed by atoms with Crippen molar-refractivity contribution in [3.05, 3.63) is 58.1 Å². The average molecular weight is 367 g/mol. The van der Waals surface area contributed by atoms with Crippen molar-refractivity contribution < 1.29 is 9.32 Å². The number of aromatic nitrogens is 2. The lowest BCUT2D eigenvalue weighted by Gasteiger charge is -2.25. The molecule has 4 rings (SSSR count). The van der Waals surface area contributed by atoms with Gasteiger partial charge in [-0.3, -0.25) is 4.79 Å². The number of nitrogens with zero attached hydrogens (tertiary/aromatic N) is 2. The van der Waals surface area contributed by atoms with E-state index in [4.69, 9.17) is 4.52 Å². The molecule has 1 unspecified atom stereocenters. The molecule has 134 valence electrons. The summed E-state index contributed by atoms with van der Waals surface area (Å²) in [5.74, 6) is 1.53. The number of rotatable bonds is 6. The Hall–Kier alpha value is -2.47. The van der Waals surface area contributed by atoms with Gasteiger partial charge in [-0.1, -0.05) is 29.4 Å². The Balaban J connectivity index is 1.28. The van der Waals surface area contributed by atoms with E-state index in [0.717, 1.165) is 18.4 Å². The third kappa shape index (κ3) is 3.85. The highest BCUT2D eigenvalue weighted by molar-refractivity contribution is 7.08. The molecule has 3 aromatic rings. The van der Waals surface area contributed by atoms with E-state index in [2.05, 4.69) is 39.7 Å². The van der Waals surface area contributed by atoms with E-state index in [1.807, 2.05) is 16.8 Å². The summed E-state index contributed by atoms with van der Waals surface area (Å²) in [5.41, 5.74) is 3.76. The summed E-state index contributed by atoms with van der Waals surface area (Å²) in [6.45, 7) is 0.694. The van der Waals surface area contributed by atoms with Crippen LogP contribution in [0.5, 0.6) is 0 Å². The van der Waals surface area contributed by atoms with E-state index < -0.39 is 0 Å². The normalized spacial score (nSPS) is 16.2. The van der Waals surface area contributed by atoms with Gasteiger partial charge in [0.25, 0.3) is 0 Å². The number of thiophene rings is 1. The third-order valence-corrected chi connectivity index (χ3v) is 5.54. The van der Waals surface area contributed by atoms with E-state index in [1.54, 1.807) is 11.3 Å². The van der Waals surface area contributed by atoms with E-state index in [9.17, 15) is 4.79 Å². The second-order valence-electron chi connectivity index (χ2n) is 6.62. The van der Waals surface area contributed by atoms with Crippen molar-refractivity contribution in [2.45, 2.75) is 38.0 Å². The van der Waals surface area contributed by atoms with Crippen molar-refractivity contribution >= 4 is 17.2 Å². The largest absolute Gasteiger partial charge is 0.355 e. The number of amides is 1. The maximum atomic E-state index is 12.2. The smallest absolute Gasteiger partial charge is 0.227 e. The first kappa shape index (κ1) is 17.0. The van der Waals surface area contributed by atoms with Gasteiger partial charge in [0.15, 0.2) is 0 Å². The fourth-order valence-corrected chi connectivity index (χ4v) is 4.11. The highest BCUT2D eigenvalue weighted by Gasteiger charge is 2.20. The number of fused-ring (bicyclic) bond motifs is 1. The molecule has 5 nitrogen and oxygen atoms in total. The minimum atomic E-state index is 0.0309. The summed E-state index contributed by atoms with van der Waals surface area (Å²) in [7, 11) is 0. The summed E-state index contributed by atoms with van der Waals surface area (Å²) in [5, 5.41) is 11.0. The number of benzene rings is 1. The lowest BCUT2D eigenvalue weighted by Crippen LogP contribution is -2.30. The van der Waals surface area contributed by atoms with Crippen LogP contribution in [0, 0.1) is 0 Å². The number of hydrogen-bond donors (Lipinski definition) is 1. The lowest BCUT2D eigenvalue weighted by atomic mass is 9.83.